The van der Waals surface area contributed by atoms with Gasteiger partial charge >= 0.3 is 0 Å². The molecule has 3 rings (SSSR count). The van der Waals surface area contributed by atoms with Crippen molar-refractivity contribution in [1.29, 1.82) is 0 Å². The maximum Gasteiger partial charge on any atom is 0.232 e. The number of carbonyl (C=O) groups is 1. The number of hydrogen-bond donors (Lipinski definition) is 2. The molecule has 7 nitrogen and oxygen atoms in total. The van der Waals surface area contributed by atoms with Crippen LogP contribution >= 0.6 is 0 Å². The number of aromatic nitrogens is 3. The van der Waals surface area contributed by atoms with E-state index in [1.807, 2.05) is 30.3 Å². The van der Waals surface area contributed by atoms with Crippen LogP contribution in [0.15, 0.2) is 54.6 Å². The highest BCUT2D eigenvalue weighted by atomic mass is 16.5. The van der Waals surface area contributed by atoms with E-state index in [0.717, 1.165) is 5.69 Å². The van der Waals surface area contributed by atoms with Crippen LogP contribution in [0.2, 0.25) is 0 Å². The Balaban J connectivity index is 1.69. The molecular formula is C18H17N5O2. The number of anilines is 3. The predicted molar refractivity (Wildman–Crippen MR) is 94.7 cm³/mol. The summed E-state index contributed by atoms with van der Waals surface area (Å²) in [5.41, 5.74) is 7.22. The molecule has 0 fully saturated rings. The highest BCUT2D eigenvalue weighted by molar-refractivity contribution is 5.94. The zero-order chi connectivity index (χ0) is 17.6. The molecule has 25 heavy (non-hydrogen) atoms. The molecule has 0 spiro atoms. The normalized spacial score (nSPS) is 10.3. The summed E-state index contributed by atoms with van der Waals surface area (Å²) in [6.07, 6.45) is 0. The van der Waals surface area contributed by atoms with Crippen molar-refractivity contribution in [2.75, 3.05) is 11.1 Å². The Morgan fingerprint density at radius 2 is 1.76 bits per heavy atom. The van der Waals surface area contributed by atoms with Crippen LogP contribution in [0, 0.1) is 0 Å². The van der Waals surface area contributed by atoms with Crippen molar-refractivity contribution in [3.8, 4) is 5.75 Å². The molecule has 0 saturated heterocycles. The molecule has 3 aromatic rings. The van der Waals surface area contributed by atoms with Crippen molar-refractivity contribution in [2.24, 2.45) is 0 Å². The van der Waals surface area contributed by atoms with Gasteiger partial charge in [0.05, 0.1) is 0 Å². The number of benzene rings is 2. The quantitative estimate of drug-likeness (QED) is 0.667. The van der Waals surface area contributed by atoms with Gasteiger partial charge in [-0.25, -0.2) is 0 Å². The summed E-state index contributed by atoms with van der Waals surface area (Å²) in [5, 5.41) is 3.07. The van der Waals surface area contributed by atoms with Gasteiger partial charge in [-0.3, -0.25) is 4.79 Å². The van der Waals surface area contributed by atoms with Crippen molar-refractivity contribution in [3.05, 3.63) is 66.0 Å². The van der Waals surface area contributed by atoms with Crippen LogP contribution in [-0.4, -0.2) is 20.7 Å². The molecule has 0 atom stereocenters. The van der Waals surface area contributed by atoms with E-state index in [9.17, 15) is 4.79 Å². The minimum atomic E-state index is 0.00780. The number of nitrogens with zero attached hydrogens (tertiary/aromatic N) is 3. The number of para-hydroxylation sites is 1. The van der Waals surface area contributed by atoms with Crippen molar-refractivity contribution in [2.45, 2.75) is 13.5 Å². The van der Waals surface area contributed by atoms with E-state index in [-0.39, 0.29) is 18.3 Å². The maximum atomic E-state index is 11.3. The van der Waals surface area contributed by atoms with E-state index in [2.05, 4.69) is 20.3 Å². The number of rotatable bonds is 6. The summed E-state index contributed by atoms with van der Waals surface area (Å²) < 4.78 is 5.64. The fourth-order valence-electron chi connectivity index (χ4n) is 2.14. The molecule has 3 N–H and O–H groups in total. The van der Waals surface area contributed by atoms with Gasteiger partial charge in [0.15, 0.2) is 11.6 Å². The second kappa shape index (κ2) is 7.39. The smallest absolute Gasteiger partial charge is 0.232 e. The molecule has 1 heterocycles. The lowest BCUT2D eigenvalue weighted by Gasteiger charge is -2.09. The fourth-order valence-corrected chi connectivity index (χ4v) is 2.14. The van der Waals surface area contributed by atoms with Crippen LogP contribution in [0.5, 0.6) is 5.75 Å². The monoisotopic (exact) mass is 335 g/mol. The summed E-state index contributed by atoms with van der Waals surface area (Å²) in [7, 11) is 0. The lowest BCUT2D eigenvalue weighted by molar-refractivity contribution is 0.101. The van der Waals surface area contributed by atoms with Crippen LogP contribution in [0.25, 0.3) is 0 Å². The van der Waals surface area contributed by atoms with Gasteiger partial charge in [-0.05, 0) is 43.3 Å². The molecule has 0 aliphatic rings. The first-order valence-corrected chi connectivity index (χ1v) is 7.66. The molecule has 126 valence electrons. The van der Waals surface area contributed by atoms with Gasteiger partial charge in [0.25, 0.3) is 0 Å². The Labute approximate surface area is 144 Å². The number of ketones is 1. The van der Waals surface area contributed by atoms with E-state index < -0.39 is 0 Å². The van der Waals surface area contributed by atoms with E-state index in [1.165, 1.54) is 6.92 Å². The Morgan fingerprint density at radius 3 is 2.44 bits per heavy atom. The second-order valence-corrected chi connectivity index (χ2v) is 5.29. The summed E-state index contributed by atoms with van der Waals surface area (Å²) >= 11 is 0. The van der Waals surface area contributed by atoms with Crippen LogP contribution in [-0.2, 0) is 6.61 Å². The van der Waals surface area contributed by atoms with Gasteiger partial charge < -0.3 is 15.8 Å². The lowest BCUT2D eigenvalue weighted by Crippen LogP contribution is -2.09. The average molecular weight is 335 g/mol. The van der Waals surface area contributed by atoms with Gasteiger partial charge in [-0.15, -0.1) is 0 Å². The summed E-state index contributed by atoms with van der Waals surface area (Å²) in [4.78, 5) is 23.7. The number of hydrogen-bond acceptors (Lipinski definition) is 7. The minimum absolute atomic E-state index is 0.00780. The topological polar surface area (TPSA) is 103 Å². The van der Waals surface area contributed by atoms with Gasteiger partial charge in [-0.2, -0.15) is 15.0 Å². The van der Waals surface area contributed by atoms with E-state index >= 15 is 0 Å². The highest BCUT2D eigenvalue weighted by Gasteiger charge is 2.06. The first-order chi connectivity index (χ1) is 12.1. The molecule has 0 amide bonds. The molecule has 0 radical (unpaired) electrons. The standard InChI is InChI=1S/C18H17N5O2/c1-12(24)13-7-9-15(10-8-13)25-11-16-21-17(19)23-18(22-16)20-14-5-3-2-4-6-14/h2-10H,11H2,1H3,(H3,19,20,21,22,23). The maximum absolute atomic E-state index is 11.3. The number of ether oxygens (including phenoxy) is 1. The number of nitrogens with one attached hydrogen (secondary N) is 1. The molecule has 0 aliphatic heterocycles. The molecule has 0 bridgehead atoms. The molecule has 1 aromatic heterocycles. The first-order valence-electron chi connectivity index (χ1n) is 7.66. The van der Waals surface area contributed by atoms with Crippen LogP contribution < -0.4 is 15.8 Å². The highest BCUT2D eigenvalue weighted by Crippen LogP contribution is 2.16. The van der Waals surface area contributed by atoms with Gasteiger partial charge in [0, 0.05) is 11.3 Å². The van der Waals surface area contributed by atoms with Crippen LogP contribution in [0.3, 0.4) is 0 Å². The number of nitrogens with two attached hydrogens (primary N) is 1. The van der Waals surface area contributed by atoms with Crippen molar-refractivity contribution in [3.63, 3.8) is 0 Å². The third kappa shape index (κ3) is 4.51. The van der Waals surface area contributed by atoms with Crippen molar-refractivity contribution < 1.29 is 9.53 Å². The minimum Gasteiger partial charge on any atom is -0.486 e. The molecule has 0 aliphatic carbocycles. The number of Topliss-reactive ketones (excluding diaryl/α,β-unsaturated/α-hetero) is 1. The molecule has 0 unspecified atom stereocenters. The Bertz CT molecular complexity index is 866. The lowest BCUT2D eigenvalue weighted by atomic mass is 10.1. The molecule has 7 heteroatoms. The van der Waals surface area contributed by atoms with Crippen molar-refractivity contribution in [1.82, 2.24) is 15.0 Å². The SMILES string of the molecule is CC(=O)c1ccc(OCc2nc(N)nc(Nc3ccccc3)n2)cc1. The average Bonchev–Trinajstić information content (AvgIpc) is 2.61. The number of nitrogen functional groups attached to an aromatic ring is 1. The van der Waals surface area contributed by atoms with Gasteiger partial charge in [0.2, 0.25) is 11.9 Å². The van der Waals surface area contributed by atoms with Crippen LogP contribution in [0.1, 0.15) is 23.1 Å². The Hall–Kier alpha value is -3.48. The summed E-state index contributed by atoms with van der Waals surface area (Å²) in [6, 6.07) is 16.4. The number of carbonyl (C=O) groups excluding carboxylic acids is 1. The zero-order valence-electron chi connectivity index (χ0n) is 13.6. The first kappa shape index (κ1) is 16.4. The predicted octanol–water partition coefficient (Wildman–Crippen LogP) is 2.98. The van der Waals surface area contributed by atoms with E-state index in [4.69, 9.17) is 10.5 Å². The third-order valence-corrected chi connectivity index (χ3v) is 3.36. The summed E-state index contributed by atoms with van der Waals surface area (Å²) in [6.45, 7) is 1.65. The molecule has 0 saturated carbocycles. The van der Waals surface area contributed by atoms with Crippen molar-refractivity contribution >= 4 is 23.4 Å². The van der Waals surface area contributed by atoms with E-state index in [0.29, 0.717) is 23.1 Å². The van der Waals surface area contributed by atoms with E-state index in [1.54, 1.807) is 24.3 Å². The molecule has 2 aromatic carbocycles. The Kier molecular flexibility index (Phi) is 4.84. The largest absolute Gasteiger partial charge is 0.486 e. The van der Waals surface area contributed by atoms with Crippen LogP contribution in [0.4, 0.5) is 17.6 Å². The fraction of sp³-hybridized carbons (Fsp3) is 0.111. The molecular weight excluding hydrogens is 318 g/mol. The van der Waals surface area contributed by atoms with Gasteiger partial charge in [0.1, 0.15) is 12.4 Å². The zero-order valence-corrected chi connectivity index (χ0v) is 13.6. The summed E-state index contributed by atoms with van der Waals surface area (Å²) in [5.74, 6) is 1.49. The second-order valence-electron chi connectivity index (χ2n) is 5.29. The van der Waals surface area contributed by atoms with Gasteiger partial charge in [-0.1, -0.05) is 18.2 Å². The third-order valence-electron chi connectivity index (χ3n) is 3.36. The Morgan fingerprint density at radius 1 is 1.04 bits per heavy atom.